The van der Waals surface area contributed by atoms with E-state index in [1.807, 2.05) is 18.2 Å². The zero-order valence-electron chi connectivity index (χ0n) is 7.59. The number of fused-ring (bicyclic) bond motifs is 3. The monoisotopic (exact) mass is 207 g/mol. The molecule has 2 unspecified atom stereocenters. The van der Waals surface area contributed by atoms with E-state index in [0.29, 0.717) is 12.3 Å². The Morgan fingerprint density at radius 1 is 1.36 bits per heavy atom. The second kappa shape index (κ2) is 2.74. The van der Waals surface area contributed by atoms with Gasteiger partial charge in [-0.15, -0.1) is 0 Å². The lowest BCUT2D eigenvalue weighted by Crippen LogP contribution is -2.18. The van der Waals surface area contributed by atoms with Gasteiger partial charge in [-0.3, -0.25) is 4.79 Å². The first-order chi connectivity index (χ1) is 6.74. The molecule has 1 aromatic carbocycles. The molecule has 0 aromatic heterocycles. The smallest absolute Gasteiger partial charge is 0.220 e. The molecule has 3 heteroatoms. The lowest BCUT2D eigenvalue weighted by atomic mass is 10.0. The fourth-order valence-corrected chi connectivity index (χ4v) is 2.76. The third-order valence-corrected chi connectivity index (χ3v) is 3.39. The van der Waals surface area contributed by atoms with E-state index >= 15 is 0 Å². The quantitative estimate of drug-likeness (QED) is 0.694. The Hall–Kier alpha value is -1.02. The third-order valence-electron chi connectivity index (χ3n) is 3.16. The number of carbonyl (C=O) groups is 1. The standard InChI is InChI=1S/C11H10ClNO/c12-8-1-2-9-6(4-8)3-7-5-10(14)13-11(7)9/h1-2,4,7,11H,3,5H2,(H,13,14). The minimum Gasteiger partial charge on any atom is -0.349 e. The molecule has 1 heterocycles. The summed E-state index contributed by atoms with van der Waals surface area (Å²) in [6.07, 6.45) is 1.65. The molecule has 0 bridgehead atoms. The molecule has 1 fully saturated rings. The largest absolute Gasteiger partial charge is 0.349 e. The van der Waals surface area contributed by atoms with E-state index in [0.717, 1.165) is 11.4 Å². The summed E-state index contributed by atoms with van der Waals surface area (Å²) in [4.78, 5) is 11.2. The molecule has 1 aliphatic heterocycles. The number of carbonyl (C=O) groups excluding carboxylic acids is 1. The van der Waals surface area contributed by atoms with Crippen LogP contribution in [0.4, 0.5) is 0 Å². The van der Waals surface area contributed by atoms with Crippen molar-refractivity contribution in [2.75, 3.05) is 0 Å². The highest BCUT2D eigenvalue weighted by atomic mass is 35.5. The topological polar surface area (TPSA) is 29.1 Å². The predicted octanol–water partition coefficient (Wildman–Crippen LogP) is 2.07. The summed E-state index contributed by atoms with van der Waals surface area (Å²) in [5, 5.41) is 3.80. The minimum atomic E-state index is 0.181. The fourth-order valence-electron chi connectivity index (χ4n) is 2.56. The summed E-state index contributed by atoms with van der Waals surface area (Å²) >= 11 is 5.92. The molecule has 2 aliphatic rings. The van der Waals surface area contributed by atoms with E-state index in [9.17, 15) is 4.79 Å². The lowest BCUT2D eigenvalue weighted by Gasteiger charge is -2.09. The van der Waals surface area contributed by atoms with Crippen molar-refractivity contribution in [3.05, 3.63) is 34.3 Å². The Morgan fingerprint density at radius 3 is 3.07 bits per heavy atom. The van der Waals surface area contributed by atoms with Crippen LogP contribution in [0.25, 0.3) is 0 Å². The summed E-state index contributed by atoms with van der Waals surface area (Å²) < 4.78 is 0. The van der Waals surface area contributed by atoms with E-state index in [2.05, 4.69) is 5.32 Å². The molecule has 1 N–H and O–H groups in total. The van der Waals surface area contributed by atoms with E-state index in [4.69, 9.17) is 11.6 Å². The van der Waals surface area contributed by atoms with Gasteiger partial charge in [0.25, 0.3) is 0 Å². The number of amides is 1. The molecule has 2 atom stereocenters. The minimum absolute atomic E-state index is 0.181. The Bertz CT molecular complexity index is 416. The Labute approximate surface area is 87.3 Å². The summed E-state index contributed by atoms with van der Waals surface area (Å²) in [6, 6.07) is 6.19. The van der Waals surface area contributed by atoms with Gasteiger partial charge in [-0.2, -0.15) is 0 Å². The molecule has 2 nitrogen and oxygen atoms in total. The first kappa shape index (κ1) is 8.30. The predicted molar refractivity (Wildman–Crippen MR) is 54.1 cm³/mol. The number of hydrogen-bond donors (Lipinski definition) is 1. The number of rotatable bonds is 0. The van der Waals surface area contributed by atoms with E-state index in [1.54, 1.807) is 0 Å². The van der Waals surface area contributed by atoms with Gasteiger partial charge in [0.2, 0.25) is 5.91 Å². The van der Waals surface area contributed by atoms with Gasteiger partial charge < -0.3 is 5.32 Å². The second-order valence-electron chi connectivity index (χ2n) is 4.06. The molecule has 1 aliphatic carbocycles. The van der Waals surface area contributed by atoms with E-state index in [1.165, 1.54) is 11.1 Å². The van der Waals surface area contributed by atoms with Crippen LogP contribution in [-0.4, -0.2) is 5.91 Å². The fraction of sp³-hybridized carbons (Fsp3) is 0.364. The second-order valence-corrected chi connectivity index (χ2v) is 4.49. The number of halogens is 1. The average molecular weight is 208 g/mol. The maximum absolute atomic E-state index is 11.2. The molecule has 3 rings (SSSR count). The Balaban J connectivity index is 2.05. The zero-order valence-corrected chi connectivity index (χ0v) is 8.34. The van der Waals surface area contributed by atoms with Gasteiger partial charge in [0, 0.05) is 11.4 Å². The molecule has 0 saturated carbocycles. The molecular weight excluding hydrogens is 198 g/mol. The van der Waals surface area contributed by atoms with Crippen LogP contribution in [0, 0.1) is 5.92 Å². The van der Waals surface area contributed by atoms with Gasteiger partial charge in [-0.05, 0) is 35.6 Å². The van der Waals surface area contributed by atoms with Crippen LogP contribution in [0.1, 0.15) is 23.6 Å². The van der Waals surface area contributed by atoms with Gasteiger partial charge in [0.1, 0.15) is 0 Å². The third kappa shape index (κ3) is 1.07. The lowest BCUT2D eigenvalue weighted by molar-refractivity contribution is -0.119. The highest BCUT2D eigenvalue weighted by molar-refractivity contribution is 6.30. The molecule has 0 radical (unpaired) electrons. The van der Waals surface area contributed by atoms with Crippen LogP contribution >= 0.6 is 11.6 Å². The maximum Gasteiger partial charge on any atom is 0.220 e. The average Bonchev–Trinajstić information content (AvgIpc) is 2.59. The number of nitrogens with one attached hydrogen (secondary N) is 1. The highest BCUT2D eigenvalue weighted by Gasteiger charge is 2.39. The van der Waals surface area contributed by atoms with Crippen LogP contribution in [-0.2, 0) is 11.2 Å². The number of benzene rings is 1. The van der Waals surface area contributed by atoms with Gasteiger partial charge >= 0.3 is 0 Å². The molecular formula is C11H10ClNO. The molecule has 72 valence electrons. The molecule has 1 saturated heterocycles. The summed E-state index contributed by atoms with van der Waals surface area (Å²) in [5.41, 5.74) is 2.55. The molecule has 14 heavy (non-hydrogen) atoms. The van der Waals surface area contributed by atoms with Crippen LogP contribution in [0.15, 0.2) is 18.2 Å². The first-order valence-corrected chi connectivity index (χ1v) is 5.19. The van der Waals surface area contributed by atoms with Gasteiger partial charge in [0.15, 0.2) is 0 Å². The van der Waals surface area contributed by atoms with Crippen LogP contribution in [0.5, 0.6) is 0 Å². The van der Waals surface area contributed by atoms with Crippen molar-refractivity contribution in [1.29, 1.82) is 0 Å². The van der Waals surface area contributed by atoms with Crippen LogP contribution < -0.4 is 5.32 Å². The van der Waals surface area contributed by atoms with Crippen LogP contribution in [0.3, 0.4) is 0 Å². The summed E-state index contributed by atoms with van der Waals surface area (Å²) in [5.74, 6) is 0.636. The Kier molecular flexibility index (Phi) is 1.62. The molecule has 0 spiro atoms. The van der Waals surface area contributed by atoms with Crippen molar-refractivity contribution in [2.24, 2.45) is 5.92 Å². The van der Waals surface area contributed by atoms with Crippen molar-refractivity contribution in [1.82, 2.24) is 5.32 Å². The Morgan fingerprint density at radius 2 is 2.21 bits per heavy atom. The van der Waals surface area contributed by atoms with Crippen molar-refractivity contribution in [3.8, 4) is 0 Å². The van der Waals surface area contributed by atoms with Gasteiger partial charge in [-0.25, -0.2) is 0 Å². The van der Waals surface area contributed by atoms with Gasteiger partial charge in [-0.1, -0.05) is 17.7 Å². The zero-order chi connectivity index (χ0) is 9.71. The maximum atomic E-state index is 11.2. The molecule has 1 amide bonds. The van der Waals surface area contributed by atoms with Crippen molar-refractivity contribution < 1.29 is 4.79 Å². The first-order valence-electron chi connectivity index (χ1n) is 4.82. The SMILES string of the molecule is O=C1CC2Cc3cc(Cl)ccc3C2N1. The van der Waals surface area contributed by atoms with E-state index < -0.39 is 0 Å². The van der Waals surface area contributed by atoms with Crippen molar-refractivity contribution in [2.45, 2.75) is 18.9 Å². The van der Waals surface area contributed by atoms with Crippen LogP contribution in [0.2, 0.25) is 5.02 Å². The van der Waals surface area contributed by atoms with E-state index in [-0.39, 0.29) is 11.9 Å². The molecule has 1 aromatic rings. The van der Waals surface area contributed by atoms with Gasteiger partial charge in [0.05, 0.1) is 6.04 Å². The highest BCUT2D eigenvalue weighted by Crippen LogP contribution is 2.42. The van der Waals surface area contributed by atoms with Crippen molar-refractivity contribution in [3.63, 3.8) is 0 Å². The van der Waals surface area contributed by atoms with Crippen molar-refractivity contribution >= 4 is 17.5 Å². The normalized spacial score (nSPS) is 28.5. The summed E-state index contributed by atoms with van der Waals surface area (Å²) in [7, 11) is 0. The summed E-state index contributed by atoms with van der Waals surface area (Å²) in [6.45, 7) is 0. The number of hydrogen-bond acceptors (Lipinski definition) is 1.